The fourth-order valence-electron chi connectivity index (χ4n) is 4.52. The number of rotatable bonds is 8. The van der Waals surface area contributed by atoms with Crippen molar-refractivity contribution in [3.05, 3.63) is 41.5 Å². The van der Waals surface area contributed by atoms with Crippen LogP contribution >= 0.6 is 0 Å². The molecule has 40 heavy (non-hydrogen) atoms. The number of carbonyl (C=O) groups excluding carboxylic acids is 3. The Bertz CT molecular complexity index is 1290. The maximum atomic E-state index is 13.3. The van der Waals surface area contributed by atoms with E-state index in [9.17, 15) is 19.5 Å². The van der Waals surface area contributed by atoms with Gasteiger partial charge in [0, 0.05) is 17.5 Å². The van der Waals surface area contributed by atoms with Gasteiger partial charge in [0.15, 0.2) is 11.5 Å². The molecule has 5 atom stereocenters. The lowest BCUT2D eigenvalue weighted by Gasteiger charge is -2.25. The number of amides is 2. The summed E-state index contributed by atoms with van der Waals surface area (Å²) in [5.74, 6) is -1.16. The monoisotopic (exact) mass is 555 g/mol. The second-order valence-corrected chi connectivity index (χ2v) is 10.0. The highest BCUT2D eigenvalue weighted by Gasteiger charge is 2.31. The molecule has 12 heteroatoms. The van der Waals surface area contributed by atoms with Gasteiger partial charge in [-0.2, -0.15) is 0 Å². The first kappa shape index (κ1) is 27.7. The molecule has 2 saturated heterocycles. The summed E-state index contributed by atoms with van der Waals surface area (Å²) in [6.07, 6.45) is 0.0178. The molecule has 0 aromatic heterocycles. The molecule has 3 heterocycles. The Hall–Kier alpha value is -3.87. The van der Waals surface area contributed by atoms with Gasteiger partial charge in [-0.3, -0.25) is 9.59 Å². The lowest BCUT2D eigenvalue weighted by molar-refractivity contribution is -0.145. The molecule has 12 nitrogen and oxygen atoms in total. The second-order valence-electron chi connectivity index (χ2n) is 10.0. The molecule has 3 aliphatic rings. The van der Waals surface area contributed by atoms with E-state index < -0.39 is 35.9 Å². The number of hydrogen-bond donors (Lipinski definition) is 4. The number of nitrogens with one attached hydrogen (secondary N) is 3. The number of ether oxygens (including phenoxy) is 5. The zero-order chi connectivity index (χ0) is 28.4. The van der Waals surface area contributed by atoms with Gasteiger partial charge >= 0.3 is 5.97 Å². The van der Waals surface area contributed by atoms with E-state index in [0.29, 0.717) is 47.8 Å². The molecule has 2 aromatic carbocycles. The fourth-order valence-corrected chi connectivity index (χ4v) is 4.52. The van der Waals surface area contributed by atoms with Crippen LogP contribution in [0.4, 0.5) is 0 Å². The average molecular weight is 556 g/mol. The summed E-state index contributed by atoms with van der Waals surface area (Å²) in [6.45, 7) is 3.25. The lowest BCUT2D eigenvalue weighted by atomic mass is 9.93. The van der Waals surface area contributed by atoms with Crippen molar-refractivity contribution in [1.29, 1.82) is 0 Å². The van der Waals surface area contributed by atoms with Crippen molar-refractivity contribution < 1.29 is 43.2 Å². The molecule has 3 aliphatic heterocycles. The Morgan fingerprint density at radius 3 is 2.30 bits per heavy atom. The van der Waals surface area contributed by atoms with Gasteiger partial charge in [-0.15, -0.1) is 0 Å². The molecule has 5 rings (SSSR count). The van der Waals surface area contributed by atoms with Crippen molar-refractivity contribution in [3.63, 3.8) is 0 Å². The Morgan fingerprint density at radius 2 is 1.68 bits per heavy atom. The third-order valence-corrected chi connectivity index (χ3v) is 6.96. The highest BCUT2D eigenvalue weighted by atomic mass is 16.6. The van der Waals surface area contributed by atoms with Crippen LogP contribution in [0.2, 0.25) is 0 Å². The van der Waals surface area contributed by atoms with Crippen LogP contribution in [0.3, 0.4) is 0 Å². The van der Waals surface area contributed by atoms with E-state index >= 15 is 0 Å². The van der Waals surface area contributed by atoms with E-state index in [1.807, 2.05) is 0 Å². The number of likely N-dealkylation sites (N-methyl/N-ethyl adjacent to an activating group) is 1. The van der Waals surface area contributed by atoms with Crippen LogP contribution in [0.25, 0.3) is 11.1 Å². The molecule has 0 aliphatic carbocycles. The highest BCUT2D eigenvalue weighted by Crippen LogP contribution is 2.44. The molecule has 4 bridgehead atoms. The SMILES string of the molecule is CN[C@@H]1C(=O)N[C@@H](C)C(=O)N[C@H](C(=O)OC)Cc2ccc(OC[C@H]3CO3)c(c2)-c2cc1cc(OC[C@H]1CO1)c2O. The van der Waals surface area contributed by atoms with Gasteiger partial charge < -0.3 is 44.7 Å². The third-order valence-electron chi connectivity index (χ3n) is 6.96. The van der Waals surface area contributed by atoms with Gasteiger partial charge in [-0.25, -0.2) is 4.79 Å². The van der Waals surface area contributed by atoms with Crippen LogP contribution < -0.4 is 25.4 Å². The minimum absolute atomic E-state index is 0.0129. The Kier molecular flexibility index (Phi) is 8.10. The fraction of sp³-hybridized carbons (Fsp3) is 0.464. The number of methoxy groups -OCH3 is 1. The van der Waals surface area contributed by atoms with Gasteiger partial charge in [0.05, 0.1) is 20.3 Å². The topological polar surface area (TPSA) is 160 Å². The molecule has 2 aromatic rings. The smallest absolute Gasteiger partial charge is 0.328 e. The summed E-state index contributed by atoms with van der Waals surface area (Å²) in [5, 5.41) is 19.8. The number of benzene rings is 2. The number of esters is 1. The van der Waals surface area contributed by atoms with E-state index in [-0.39, 0.29) is 36.7 Å². The van der Waals surface area contributed by atoms with Gasteiger partial charge in [0.2, 0.25) is 11.8 Å². The van der Waals surface area contributed by atoms with Gasteiger partial charge in [-0.1, -0.05) is 6.07 Å². The third kappa shape index (κ3) is 6.30. The lowest BCUT2D eigenvalue weighted by Crippen LogP contribution is -2.52. The minimum Gasteiger partial charge on any atom is -0.504 e. The number of fused-ring (bicyclic) bond motifs is 5. The van der Waals surface area contributed by atoms with Crippen molar-refractivity contribution >= 4 is 17.8 Å². The maximum absolute atomic E-state index is 13.3. The van der Waals surface area contributed by atoms with E-state index in [0.717, 1.165) is 0 Å². The molecule has 0 unspecified atom stereocenters. The van der Waals surface area contributed by atoms with Crippen LogP contribution in [0.1, 0.15) is 24.1 Å². The van der Waals surface area contributed by atoms with Gasteiger partial charge in [0.1, 0.15) is 49.3 Å². The molecule has 4 N–H and O–H groups in total. The van der Waals surface area contributed by atoms with Crippen molar-refractivity contribution in [1.82, 2.24) is 16.0 Å². The van der Waals surface area contributed by atoms with E-state index in [2.05, 4.69) is 16.0 Å². The minimum atomic E-state index is -1.02. The number of aromatic hydroxyl groups is 1. The summed E-state index contributed by atoms with van der Waals surface area (Å²) in [4.78, 5) is 38.9. The van der Waals surface area contributed by atoms with Crippen molar-refractivity contribution in [3.8, 4) is 28.4 Å². The highest BCUT2D eigenvalue weighted by molar-refractivity contribution is 5.93. The second kappa shape index (κ2) is 11.7. The quantitative estimate of drug-likeness (QED) is 0.268. The zero-order valence-electron chi connectivity index (χ0n) is 22.5. The van der Waals surface area contributed by atoms with Crippen molar-refractivity contribution in [2.75, 3.05) is 40.6 Å². The van der Waals surface area contributed by atoms with Crippen LogP contribution in [0.5, 0.6) is 17.2 Å². The van der Waals surface area contributed by atoms with Gasteiger partial charge in [-0.05, 0) is 49.4 Å². The maximum Gasteiger partial charge on any atom is 0.328 e. The molecule has 2 fully saturated rings. The van der Waals surface area contributed by atoms with E-state index in [1.165, 1.54) is 14.0 Å². The van der Waals surface area contributed by atoms with Crippen LogP contribution in [0, 0.1) is 0 Å². The number of carbonyl (C=O) groups is 3. The summed E-state index contributed by atoms with van der Waals surface area (Å²) < 4.78 is 27.4. The van der Waals surface area contributed by atoms with E-state index in [4.69, 9.17) is 23.7 Å². The number of phenols is 1. The first-order chi connectivity index (χ1) is 19.3. The molecule has 0 saturated carbocycles. The van der Waals surface area contributed by atoms with Crippen LogP contribution in [-0.2, 0) is 35.0 Å². The molecular formula is C28H33N3O9. The van der Waals surface area contributed by atoms with Crippen LogP contribution in [-0.4, -0.2) is 87.8 Å². The number of epoxide rings is 2. The normalized spacial score (nSPS) is 25.6. The summed E-state index contributed by atoms with van der Waals surface area (Å²) in [5.41, 5.74) is 2.06. The van der Waals surface area contributed by atoms with Gasteiger partial charge in [0.25, 0.3) is 0 Å². The Labute approximate surface area is 231 Å². The van der Waals surface area contributed by atoms with E-state index in [1.54, 1.807) is 37.4 Å². The summed E-state index contributed by atoms with van der Waals surface area (Å²) >= 11 is 0. The van der Waals surface area contributed by atoms with Crippen molar-refractivity contribution in [2.24, 2.45) is 0 Å². The first-order valence-corrected chi connectivity index (χ1v) is 13.1. The van der Waals surface area contributed by atoms with Crippen LogP contribution in [0.15, 0.2) is 30.3 Å². The predicted molar refractivity (Wildman–Crippen MR) is 141 cm³/mol. The zero-order valence-corrected chi connectivity index (χ0v) is 22.5. The molecule has 214 valence electrons. The Balaban J connectivity index is 1.65. The average Bonchev–Trinajstić information content (AvgIpc) is 3.87. The number of hydrogen-bond acceptors (Lipinski definition) is 10. The molecular weight excluding hydrogens is 522 g/mol. The number of phenolic OH excluding ortho intramolecular Hbond substituents is 1. The molecule has 0 spiro atoms. The molecule has 0 radical (unpaired) electrons. The summed E-state index contributed by atoms with van der Waals surface area (Å²) in [6, 6.07) is 5.71. The van der Waals surface area contributed by atoms with Crippen molar-refractivity contribution in [2.45, 2.75) is 43.7 Å². The largest absolute Gasteiger partial charge is 0.504 e. The summed E-state index contributed by atoms with van der Waals surface area (Å²) in [7, 11) is 2.85. The predicted octanol–water partition coefficient (Wildman–Crippen LogP) is 0.594. The standard InChI is InChI=1S/C28H33N3O9/c1-14-26(33)31-21(28(35)36-3)7-15-4-5-22(39-12-17-10-37-17)19(6-15)20-8-16(24(29-2)27(34)30-14)9-23(25(20)32)40-13-18-11-38-18/h4-6,8-9,14,17-18,21,24,29,32H,7,10-13H2,1-3H3,(H,30,34)(H,31,33)/t14-,17+,18+,21-,24-/m0/s1. The first-order valence-electron chi connectivity index (χ1n) is 13.1. The Morgan fingerprint density at radius 1 is 1.00 bits per heavy atom. The molecule has 2 amide bonds.